The van der Waals surface area contributed by atoms with Gasteiger partial charge in [0.1, 0.15) is 11.6 Å². The van der Waals surface area contributed by atoms with E-state index in [-0.39, 0.29) is 17.0 Å². The van der Waals surface area contributed by atoms with Crippen LogP contribution in [0.3, 0.4) is 0 Å². The van der Waals surface area contributed by atoms with Crippen molar-refractivity contribution in [1.29, 1.82) is 5.26 Å². The Labute approximate surface area is 164 Å². The maximum absolute atomic E-state index is 13.1. The van der Waals surface area contributed by atoms with Crippen molar-refractivity contribution in [2.75, 3.05) is 51.7 Å². The topological polar surface area (TPSA) is 72.6 Å². The normalized spacial score (nSPS) is 14.4. The first kappa shape index (κ1) is 19.6. The van der Waals surface area contributed by atoms with E-state index in [2.05, 4.69) is 12.6 Å². The van der Waals surface area contributed by atoms with E-state index in [0.717, 1.165) is 10.9 Å². The first-order chi connectivity index (χ1) is 13.5. The maximum atomic E-state index is 13.1. The number of carbonyl (C=O) groups excluding carboxylic acids is 1. The van der Waals surface area contributed by atoms with Crippen LogP contribution in [0.25, 0.3) is 10.9 Å². The molecule has 0 aliphatic carbocycles. The lowest BCUT2D eigenvalue weighted by Gasteiger charge is -2.36. The number of nitrogens with zero attached hydrogens (tertiary/aromatic N) is 5. The van der Waals surface area contributed by atoms with Crippen LogP contribution in [0.15, 0.2) is 41.7 Å². The summed E-state index contributed by atoms with van der Waals surface area (Å²) in [6, 6.07) is 9.85. The van der Waals surface area contributed by atoms with Gasteiger partial charge in [-0.3, -0.25) is 9.59 Å². The van der Waals surface area contributed by atoms with Gasteiger partial charge in [0, 0.05) is 44.7 Å². The molecule has 1 aliphatic rings. The van der Waals surface area contributed by atoms with Crippen LogP contribution in [0.2, 0.25) is 0 Å². The molecule has 0 unspecified atom stereocenters. The zero-order valence-electron chi connectivity index (χ0n) is 16.4. The molecule has 28 heavy (non-hydrogen) atoms. The standard InChI is InChI=1S/C21H25N5O2/c1-4-19(27)24-10-12-25(13-11-24)20-16-7-5-6-8-18(16)26(14-9-23(2)3)21(28)17(20)15-22/h4-8H,1,9-14H2,2-3H3. The van der Waals surface area contributed by atoms with Crippen LogP contribution >= 0.6 is 0 Å². The third-order valence-electron chi connectivity index (χ3n) is 5.11. The monoisotopic (exact) mass is 379 g/mol. The smallest absolute Gasteiger partial charge is 0.271 e. The zero-order chi connectivity index (χ0) is 20.3. The number of hydrogen-bond donors (Lipinski definition) is 0. The van der Waals surface area contributed by atoms with Gasteiger partial charge in [-0.2, -0.15) is 5.26 Å². The molecular formula is C21H25N5O2. The molecule has 0 radical (unpaired) electrons. The number of aromatic nitrogens is 1. The molecule has 2 aromatic rings. The Morgan fingerprint density at radius 1 is 1.25 bits per heavy atom. The van der Waals surface area contributed by atoms with Gasteiger partial charge in [-0.05, 0) is 26.2 Å². The minimum Gasteiger partial charge on any atom is -0.366 e. The molecule has 7 nitrogen and oxygen atoms in total. The highest BCUT2D eigenvalue weighted by Gasteiger charge is 2.25. The van der Waals surface area contributed by atoms with Crippen LogP contribution in [0, 0.1) is 11.3 Å². The summed E-state index contributed by atoms with van der Waals surface area (Å²) in [5, 5.41) is 10.7. The second-order valence-corrected chi connectivity index (χ2v) is 7.13. The van der Waals surface area contributed by atoms with Gasteiger partial charge in [0.05, 0.1) is 11.2 Å². The molecular weight excluding hydrogens is 354 g/mol. The number of rotatable bonds is 5. The van der Waals surface area contributed by atoms with E-state index in [9.17, 15) is 14.9 Å². The first-order valence-electron chi connectivity index (χ1n) is 9.34. The fourth-order valence-electron chi connectivity index (χ4n) is 3.62. The molecule has 1 amide bonds. The zero-order valence-corrected chi connectivity index (χ0v) is 16.4. The molecule has 1 saturated heterocycles. The van der Waals surface area contributed by atoms with Crippen LogP contribution < -0.4 is 10.5 Å². The highest BCUT2D eigenvalue weighted by molar-refractivity contribution is 5.95. The van der Waals surface area contributed by atoms with Gasteiger partial charge in [0.25, 0.3) is 5.56 Å². The van der Waals surface area contributed by atoms with E-state index in [0.29, 0.717) is 45.0 Å². The lowest BCUT2D eigenvalue weighted by molar-refractivity contribution is -0.126. The summed E-state index contributed by atoms with van der Waals surface area (Å²) in [6.45, 7) is 6.97. The number of fused-ring (bicyclic) bond motifs is 1. The predicted octanol–water partition coefficient (Wildman–Crippen LogP) is 1.27. The van der Waals surface area contributed by atoms with E-state index in [1.807, 2.05) is 48.2 Å². The van der Waals surface area contributed by atoms with E-state index < -0.39 is 0 Å². The average Bonchev–Trinajstić information content (AvgIpc) is 2.71. The lowest BCUT2D eigenvalue weighted by Crippen LogP contribution is -2.49. The highest BCUT2D eigenvalue weighted by atomic mass is 16.2. The van der Waals surface area contributed by atoms with Crippen LogP contribution in [0.5, 0.6) is 0 Å². The van der Waals surface area contributed by atoms with E-state index in [1.165, 1.54) is 6.08 Å². The van der Waals surface area contributed by atoms with Gasteiger partial charge in [0.2, 0.25) is 5.91 Å². The molecule has 0 saturated carbocycles. The summed E-state index contributed by atoms with van der Waals surface area (Å²) < 4.78 is 1.69. The summed E-state index contributed by atoms with van der Waals surface area (Å²) in [5.41, 5.74) is 1.41. The third kappa shape index (κ3) is 3.64. The van der Waals surface area contributed by atoms with Gasteiger partial charge >= 0.3 is 0 Å². The predicted molar refractivity (Wildman–Crippen MR) is 110 cm³/mol. The van der Waals surface area contributed by atoms with Gasteiger partial charge in [0.15, 0.2) is 0 Å². The van der Waals surface area contributed by atoms with E-state index >= 15 is 0 Å². The summed E-state index contributed by atoms with van der Waals surface area (Å²) in [7, 11) is 3.91. The van der Waals surface area contributed by atoms with Gasteiger partial charge in [-0.25, -0.2) is 0 Å². The van der Waals surface area contributed by atoms with Crippen molar-refractivity contribution < 1.29 is 4.79 Å². The molecule has 3 rings (SSSR count). The number of pyridine rings is 1. The minimum absolute atomic E-state index is 0.0934. The number of anilines is 1. The Hall–Kier alpha value is -3.11. The van der Waals surface area contributed by atoms with Crippen molar-refractivity contribution in [1.82, 2.24) is 14.4 Å². The van der Waals surface area contributed by atoms with Gasteiger partial charge in [-0.15, -0.1) is 0 Å². The Morgan fingerprint density at radius 2 is 1.93 bits per heavy atom. The minimum atomic E-state index is -0.261. The number of nitriles is 1. The maximum Gasteiger partial charge on any atom is 0.271 e. The van der Waals surface area contributed by atoms with Crippen LogP contribution in [0.1, 0.15) is 5.56 Å². The Balaban J connectivity index is 2.08. The van der Waals surface area contributed by atoms with Crippen LogP contribution in [-0.2, 0) is 11.3 Å². The van der Waals surface area contributed by atoms with Crippen molar-refractivity contribution in [2.45, 2.75) is 6.54 Å². The Bertz CT molecular complexity index is 994. The summed E-state index contributed by atoms with van der Waals surface area (Å²) in [5.74, 6) is -0.0934. The molecule has 1 aromatic carbocycles. The number of amides is 1. The van der Waals surface area contributed by atoms with E-state index in [4.69, 9.17) is 0 Å². The number of benzene rings is 1. The van der Waals surface area contributed by atoms with Crippen LogP contribution in [0.4, 0.5) is 5.69 Å². The molecule has 146 valence electrons. The first-order valence-corrected chi connectivity index (χ1v) is 9.34. The van der Waals surface area contributed by atoms with Crippen molar-refractivity contribution >= 4 is 22.5 Å². The number of piperazine rings is 1. The number of carbonyl (C=O) groups is 1. The molecule has 0 N–H and O–H groups in total. The molecule has 0 spiro atoms. The number of hydrogen-bond acceptors (Lipinski definition) is 5. The summed E-state index contributed by atoms with van der Waals surface area (Å²) in [4.78, 5) is 30.8. The molecule has 2 heterocycles. The fourth-order valence-corrected chi connectivity index (χ4v) is 3.62. The van der Waals surface area contributed by atoms with Crippen molar-refractivity contribution in [3.05, 3.63) is 52.8 Å². The van der Waals surface area contributed by atoms with Gasteiger partial charge < -0.3 is 19.3 Å². The molecule has 7 heteroatoms. The summed E-state index contributed by atoms with van der Waals surface area (Å²) in [6.07, 6.45) is 1.32. The fraction of sp³-hybridized carbons (Fsp3) is 0.381. The number of para-hydroxylation sites is 1. The van der Waals surface area contributed by atoms with Crippen molar-refractivity contribution in [3.8, 4) is 6.07 Å². The molecule has 0 bridgehead atoms. The third-order valence-corrected chi connectivity index (χ3v) is 5.11. The van der Waals surface area contributed by atoms with Crippen molar-refractivity contribution in [2.24, 2.45) is 0 Å². The molecule has 1 aromatic heterocycles. The Morgan fingerprint density at radius 3 is 2.54 bits per heavy atom. The van der Waals surface area contributed by atoms with Crippen LogP contribution in [-0.4, -0.2) is 67.1 Å². The second kappa shape index (κ2) is 8.28. The molecule has 0 atom stereocenters. The quantitative estimate of drug-likeness (QED) is 0.732. The highest BCUT2D eigenvalue weighted by Crippen LogP contribution is 2.29. The molecule has 1 fully saturated rings. The molecule has 1 aliphatic heterocycles. The van der Waals surface area contributed by atoms with Gasteiger partial charge in [-0.1, -0.05) is 24.8 Å². The Kier molecular flexibility index (Phi) is 5.81. The average molecular weight is 379 g/mol. The van der Waals surface area contributed by atoms with E-state index in [1.54, 1.807) is 9.47 Å². The SMILES string of the molecule is C=CC(=O)N1CCN(c2c(C#N)c(=O)n(CCN(C)C)c3ccccc23)CC1. The lowest BCUT2D eigenvalue weighted by atomic mass is 10.1. The summed E-state index contributed by atoms with van der Waals surface area (Å²) >= 11 is 0. The largest absolute Gasteiger partial charge is 0.366 e. The number of likely N-dealkylation sites (N-methyl/N-ethyl adjacent to an activating group) is 1. The second-order valence-electron chi connectivity index (χ2n) is 7.13. The van der Waals surface area contributed by atoms with Crippen molar-refractivity contribution in [3.63, 3.8) is 0 Å².